The largest absolute Gasteiger partial charge is 0.341 e. The number of hydrogen-bond donors (Lipinski definition) is 0. The Morgan fingerprint density at radius 1 is 1.04 bits per heavy atom. The van der Waals surface area contributed by atoms with Crippen molar-refractivity contribution in [1.82, 2.24) is 19.5 Å². The average molecular weight is 492 g/mol. The van der Waals surface area contributed by atoms with Gasteiger partial charge in [-0.25, -0.2) is 0 Å². The van der Waals surface area contributed by atoms with Gasteiger partial charge in [0, 0.05) is 49.7 Å². The summed E-state index contributed by atoms with van der Waals surface area (Å²) in [6.07, 6.45) is 10.1. The standard InChI is InChI=1S/C19H15N4.Ir/c1-13-4-3-5-14(2)19(13)23-7-6-15-11-22-17(8-18(15)23)16-9-20-12-21-10-16;/h3-9,11-12H,1-2H3;/q-1;. The molecule has 3 heterocycles. The summed E-state index contributed by atoms with van der Waals surface area (Å²) >= 11 is 0. The van der Waals surface area contributed by atoms with E-state index in [4.69, 9.17) is 0 Å². The zero-order valence-corrected chi connectivity index (χ0v) is 15.7. The van der Waals surface area contributed by atoms with E-state index < -0.39 is 0 Å². The minimum absolute atomic E-state index is 0. The molecular formula is C19H15IrN4-. The number of hydrogen-bond acceptors (Lipinski definition) is 3. The van der Waals surface area contributed by atoms with E-state index in [-0.39, 0.29) is 20.1 Å². The Morgan fingerprint density at radius 2 is 1.83 bits per heavy atom. The van der Waals surface area contributed by atoms with Crippen molar-refractivity contribution >= 4 is 10.9 Å². The molecule has 0 aliphatic heterocycles. The Bertz CT molecular complexity index is 973. The SMILES string of the molecule is Cc1cccc(C)c1-n1ccc2cnc(-c3[c-]ncnc3)cc21.[Ir]. The fraction of sp³-hybridized carbons (Fsp3) is 0.105. The van der Waals surface area contributed by atoms with Gasteiger partial charge in [-0.1, -0.05) is 36.0 Å². The second-order valence-electron chi connectivity index (χ2n) is 5.60. The second kappa shape index (κ2) is 6.63. The van der Waals surface area contributed by atoms with E-state index in [0.29, 0.717) is 0 Å². The first-order valence-corrected chi connectivity index (χ1v) is 7.46. The molecule has 0 amide bonds. The molecule has 0 bridgehead atoms. The number of nitrogens with zero attached hydrogens (tertiary/aromatic N) is 4. The maximum Gasteiger partial charge on any atom is 0.0513 e. The van der Waals surface area contributed by atoms with Crippen LogP contribution in [0.3, 0.4) is 0 Å². The molecule has 3 aromatic heterocycles. The van der Waals surface area contributed by atoms with E-state index in [1.807, 2.05) is 6.20 Å². The minimum atomic E-state index is 0. The van der Waals surface area contributed by atoms with E-state index in [0.717, 1.165) is 22.2 Å². The van der Waals surface area contributed by atoms with E-state index >= 15 is 0 Å². The number of para-hydroxylation sites is 1. The number of rotatable bonds is 2. The van der Waals surface area contributed by atoms with Gasteiger partial charge in [0.1, 0.15) is 0 Å². The summed E-state index contributed by atoms with van der Waals surface area (Å²) in [5.41, 5.74) is 6.44. The predicted octanol–water partition coefficient (Wildman–Crippen LogP) is 3.90. The van der Waals surface area contributed by atoms with Crippen molar-refractivity contribution in [2.45, 2.75) is 13.8 Å². The molecule has 4 rings (SSSR count). The van der Waals surface area contributed by atoms with Gasteiger partial charge >= 0.3 is 0 Å². The maximum atomic E-state index is 4.50. The quantitative estimate of drug-likeness (QED) is 0.400. The molecule has 0 unspecified atom stereocenters. The first-order valence-electron chi connectivity index (χ1n) is 7.46. The van der Waals surface area contributed by atoms with Crippen molar-refractivity contribution in [1.29, 1.82) is 0 Å². The van der Waals surface area contributed by atoms with Crippen molar-refractivity contribution in [3.63, 3.8) is 0 Å². The normalized spacial score (nSPS) is 10.6. The topological polar surface area (TPSA) is 43.6 Å². The average Bonchev–Trinajstić information content (AvgIpc) is 2.99. The molecule has 1 radical (unpaired) electrons. The van der Waals surface area contributed by atoms with E-state index in [2.05, 4.69) is 76.1 Å². The van der Waals surface area contributed by atoms with Crippen molar-refractivity contribution in [3.05, 3.63) is 72.6 Å². The van der Waals surface area contributed by atoms with Crippen LogP contribution in [-0.4, -0.2) is 19.5 Å². The maximum absolute atomic E-state index is 4.50. The summed E-state index contributed by atoms with van der Waals surface area (Å²) in [6.45, 7) is 4.27. The molecule has 1 aromatic carbocycles. The van der Waals surface area contributed by atoms with Crippen LogP contribution >= 0.6 is 0 Å². The molecule has 0 saturated heterocycles. The van der Waals surface area contributed by atoms with E-state index in [9.17, 15) is 0 Å². The van der Waals surface area contributed by atoms with Gasteiger partial charge in [-0.3, -0.25) is 0 Å². The number of benzene rings is 1. The van der Waals surface area contributed by atoms with E-state index in [1.54, 1.807) is 6.20 Å². The van der Waals surface area contributed by atoms with Gasteiger partial charge < -0.3 is 19.5 Å². The van der Waals surface area contributed by atoms with Gasteiger partial charge in [-0.15, -0.1) is 0 Å². The molecule has 0 saturated carbocycles. The first kappa shape index (κ1) is 16.5. The Hall–Kier alpha value is -2.36. The van der Waals surface area contributed by atoms with Crippen LogP contribution in [0.4, 0.5) is 0 Å². The van der Waals surface area contributed by atoms with Crippen LogP contribution in [0.5, 0.6) is 0 Å². The third kappa shape index (κ3) is 2.77. The summed E-state index contributed by atoms with van der Waals surface area (Å²) in [7, 11) is 0. The molecule has 0 fully saturated rings. The molecule has 0 aliphatic rings. The zero-order chi connectivity index (χ0) is 15.8. The number of fused-ring (bicyclic) bond motifs is 1. The summed E-state index contributed by atoms with van der Waals surface area (Å²) in [6, 6.07) is 10.5. The fourth-order valence-electron chi connectivity index (χ4n) is 2.95. The number of pyridine rings is 1. The van der Waals surface area contributed by atoms with Crippen LogP contribution in [0, 0.1) is 20.0 Å². The summed E-state index contributed by atoms with van der Waals surface area (Å²) in [5.74, 6) is 0. The Morgan fingerprint density at radius 3 is 2.54 bits per heavy atom. The molecule has 4 aromatic rings. The number of aromatic nitrogens is 4. The molecular weight excluding hydrogens is 476 g/mol. The molecule has 5 heteroatoms. The predicted molar refractivity (Wildman–Crippen MR) is 90.4 cm³/mol. The van der Waals surface area contributed by atoms with Crippen LogP contribution in [0.25, 0.3) is 27.8 Å². The smallest absolute Gasteiger partial charge is 0.0513 e. The van der Waals surface area contributed by atoms with Crippen molar-refractivity contribution in [2.75, 3.05) is 0 Å². The third-order valence-corrected chi connectivity index (χ3v) is 4.04. The Labute approximate surface area is 154 Å². The monoisotopic (exact) mass is 492 g/mol. The zero-order valence-electron chi connectivity index (χ0n) is 13.3. The minimum Gasteiger partial charge on any atom is -0.341 e. The molecule has 4 nitrogen and oxygen atoms in total. The number of aryl methyl sites for hydroxylation is 2. The third-order valence-electron chi connectivity index (χ3n) is 4.04. The second-order valence-corrected chi connectivity index (χ2v) is 5.60. The van der Waals surface area contributed by atoms with Crippen molar-refractivity contribution < 1.29 is 20.1 Å². The molecule has 0 aliphatic carbocycles. The van der Waals surface area contributed by atoms with Crippen LogP contribution < -0.4 is 0 Å². The van der Waals surface area contributed by atoms with Crippen molar-refractivity contribution in [3.8, 4) is 16.9 Å². The molecule has 0 N–H and O–H groups in total. The van der Waals surface area contributed by atoms with Crippen LogP contribution in [0.2, 0.25) is 0 Å². The molecule has 0 spiro atoms. The van der Waals surface area contributed by atoms with Gasteiger partial charge in [0.15, 0.2) is 0 Å². The fourth-order valence-corrected chi connectivity index (χ4v) is 2.95. The van der Waals surface area contributed by atoms with Gasteiger partial charge in [0.25, 0.3) is 0 Å². The molecule has 0 atom stereocenters. The van der Waals surface area contributed by atoms with Crippen LogP contribution in [0.15, 0.2) is 55.2 Å². The molecule has 121 valence electrons. The summed E-state index contributed by atoms with van der Waals surface area (Å²) < 4.78 is 2.22. The van der Waals surface area contributed by atoms with Crippen LogP contribution in [-0.2, 0) is 20.1 Å². The van der Waals surface area contributed by atoms with E-state index in [1.165, 1.54) is 23.1 Å². The van der Waals surface area contributed by atoms with Gasteiger partial charge in [0.05, 0.1) is 5.69 Å². The summed E-state index contributed by atoms with van der Waals surface area (Å²) in [4.78, 5) is 12.5. The van der Waals surface area contributed by atoms with Gasteiger partial charge in [0.2, 0.25) is 0 Å². The summed E-state index contributed by atoms with van der Waals surface area (Å²) in [5, 5.41) is 1.10. The van der Waals surface area contributed by atoms with Gasteiger partial charge in [-0.05, 0) is 42.9 Å². The Kier molecular flexibility index (Phi) is 4.56. The first-order chi connectivity index (χ1) is 11.2. The van der Waals surface area contributed by atoms with Crippen molar-refractivity contribution in [2.24, 2.45) is 0 Å². The van der Waals surface area contributed by atoms with Crippen LogP contribution in [0.1, 0.15) is 11.1 Å². The molecule has 24 heavy (non-hydrogen) atoms. The van der Waals surface area contributed by atoms with Gasteiger partial charge in [-0.2, -0.15) is 0 Å². The Balaban J connectivity index is 0.00000169.